The molecule has 0 atom stereocenters. The summed E-state index contributed by atoms with van der Waals surface area (Å²) in [4.78, 5) is 20.4. The molecule has 3 heterocycles. The summed E-state index contributed by atoms with van der Waals surface area (Å²) in [7, 11) is 0. The van der Waals surface area contributed by atoms with Crippen molar-refractivity contribution in [3.8, 4) is 11.3 Å². The lowest BCUT2D eigenvalue weighted by Gasteiger charge is -2.29. The van der Waals surface area contributed by atoms with Crippen molar-refractivity contribution in [2.75, 3.05) is 6.54 Å². The van der Waals surface area contributed by atoms with Gasteiger partial charge in [0.25, 0.3) is 0 Å². The Morgan fingerprint density at radius 3 is 2.55 bits per heavy atom. The number of benzene rings is 2. The molecule has 1 aliphatic heterocycles. The molecular formula is C27H27N3O. The molecule has 31 heavy (non-hydrogen) atoms. The van der Waals surface area contributed by atoms with Gasteiger partial charge in [-0.3, -0.25) is 4.79 Å². The van der Waals surface area contributed by atoms with Gasteiger partial charge in [-0.2, -0.15) is 0 Å². The van der Waals surface area contributed by atoms with Crippen molar-refractivity contribution in [1.29, 1.82) is 0 Å². The molecule has 0 N–H and O–H groups in total. The fraction of sp³-hybridized carbons (Fsp3) is 0.259. The minimum absolute atomic E-state index is 0.155. The van der Waals surface area contributed by atoms with Gasteiger partial charge in [-0.25, -0.2) is 4.98 Å². The van der Waals surface area contributed by atoms with Crippen LogP contribution < -0.4 is 0 Å². The standard InChI is InChI=1S/C27H27N3O/c1-18-10-11-22(15-20(18)3)26-24(30-13-6-7-19(2)27(30)28-26)16-25(31)29-14-12-21-8-4-5-9-23(21)17-29/h4-11,13,15H,12,14,16-17H2,1-3H3. The number of carbonyl (C=O) groups is 1. The average Bonchev–Trinajstić information content (AvgIpc) is 3.15. The molecule has 4 aromatic rings. The number of rotatable bonds is 3. The first-order valence-electron chi connectivity index (χ1n) is 10.9. The van der Waals surface area contributed by atoms with Crippen LogP contribution in [0.25, 0.3) is 16.9 Å². The van der Waals surface area contributed by atoms with E-state index in [2.05, 4.69) is 73.7 Å². The summed E-state index contributed by atoms with van der Waals surface area (Å²) in [5.41, 5.74) is 10.1. The molecule has 0 saturated heterocycles. The Balaban J connectivity index is 1.54. The predicted molar refractivity (Wildman–Crippen MR) is 124 cm³/mol. The van der Waals surface area contributed by atoms with Gasteiger partial charge in [0.1, 0.15) is 5.65 Å². The number of pyridine rings is 1. The molecule has 0 unspecified atom stereocenters. The van der Waals surface area contributed by atoms with Gasteiger partial charge in [-0.1, -0.05) is 42.5 Å². The number of aromatic nitrogens is 2. The summed E-state index contributed by atoms with van der Waals surface area (Å²) in [6, 6.07) is 19.0. The number of amides is 1. The van der Waals surface area contributed by atoms with E-state index in [1.54, 1.807) is 0 Å². The summed E-state index contributed by atoms with van der Waals surface area (Å²) >= 11 is 0. The average molecular weight is 410 g/mol. The molecule has 0 saturated carbocycles. The van der Waals surface area contributed by atoms with Gasteiger partial charge in [0.2, 0.25) is 5.91 Å². The molecule has 4 nitrogen and oxygen atoms in total. The van der Waals surface area contributed by atoms with Crippen molar-refractivity contribution in [3.05, 3.63) is 94.3 Å². The van der Waals surface area contributed by atoms with E-state index in [4.69, 9.17) is 4.98 Å². The lowest BCUT2D eigenvalue weighted by atomic mass is 9.99. The largest absolute Gasteiger partial charge is 0.338 e. The fourth-order valence-electron chi connectivity index (χ4n) is 4.51. The van der Waals surface area contributed by atoms with Crippen LogP contribution in [0.4, 0.5) is 0 Å². The van der Waals surface area contributed by atoms with Crippen LogP contribution in [0.3, 0.4) is 0 Å². The summed E-state index contributed by atoms with van der Waals surface area (Å²) in [5.74, 6) is 0.155. The van der Waals surface area contributed by atoms with Crippen molar-refractivity contribution >= 4 is 11.6 Å². The molecule has 4 heteroatoms. The molecule has 1 amide bonds. The second-order valence-corrected chi connectivity index (χ2v) is 8.60. The monoisotopic (exact) mass is 409 g/mol. The lowest BCUT2D eigenvalue weighted by Crippen LogP contribution is -2.37. The first-order valence-corrected chi connectivity index (χ1v) is 10.9. The quantitative estimate of drug-likeness (QED) is 0.475. The van der Waals surface area contributed by atoms with Crippen LogP contribution >= 0.6 is 0 Å². The van der Waals surface area contributed by atoms with Crippen molar-refractivity contribution in [2.45, 2.75) is 40.2 Å². The van der Waals surface area contributed by atoms with Gasteiger partial charge < -0.3 is 9.30 Å². The van der Waals surface area contributed by atoms with Gasteiger partial charge >= 0.3 is 0 Å². The number of imidazole rings is 1. The third-order valence-electron chi connectivity index (χ3n) is 6.53. The molecular weight excluding hydrogens is 382 g/mol. The predicted octanol–water partition coefficient (Wildman–Crippen LogP) is 5.05. The van der Waals surface area contributed by atoms with Crippen LogP contribution in [-0.2, 0) is 24.2 Å². The van der Waals surface area contributed by atoms with Gasteiger partial charge in [-0.05, 0) is 67.1 Å². The van der Waals surface area contributed by atoms with Crippen molar-refractivity contribution in [3.63, 3.8) is 0 Å². The molecule has 0 spiro atoms. The molecule has 2 aromatic heterocycles. The zero-order valence-electron chi connectivity index (χ0n) is 18.4. The van der Waals surface area contributed by atoms with Crippen LogP contribution in [-0.4, -0.2) is 26.7 Å². The van der Waals surface area contributed by atoms with E-state index in [-0.39, 0.29) is 5.91 Å². The van der Waals surface area contributed by atoms with Gasteiger partial charge in [-0.15, -0.1) is 0 Å². The highest BCUT2D eigenvalue weighted by Crippen LogP contribution is 2.29. The maximum absolute atomic E-state index is 13.4. The van der Waals surface area contributed by atoms with Crippen molar-refractivity contribution < 1.29 is 4.79 Å². The second-order valence-electron chi connectivity index (χ2n) is 8.60. The number of hydrogen-bond donors (Lipinski definition) is 0. The lowest BCUT2D eigenvalue weighted by molar-refractivity contribution is -0.131. The highest BCUT2D eigenvalue weighted by atomic mass is 16.2. The third-order valence-corrected chi connectivity index (χ3v) is 6.53. The van der Waals surface area contributed by atoms with Crippen LogP contribution in [0, 0.1) is 20.8 Å². The summed E-state index contributed by atoms with van der Waals surface area (Å²) < 4.78 is 2.09. The first-order chi connectivity index (χ1) is 15.0. The number of carbonyl (C=O) groups excluding carboxylic acids is 1. The van der Waals surface area contributed by atoms with Crippen LogP contribution in [0.15, 0.2) is 60.8 Å². The van der Waals surface area contributed by atoms with Crippen LogP contribution in [0.2, 0.25) is 0 Å². The van der Waals surface area contributed by atoms with E-state index in [0.29, 0.717) is 13.0 Å². The zero-order chi connectivity index (χ0) is 21.5. The van der Waals surface area contributed by atoms with E-state index in [9.17, 15) is 4.79 Å². The van der Waals surface area contributed by atoms with Gasteiger partial charge in [0.05, 0.1) is 17.8 Å². The summed E-state index contributed by atoms with van der Waals surface area (Å²) in [5, 5.41) is 0. The Bertz CT molecular complexity index is 1300. The maximum Gasteiger partial charge on any atom is 0.228 e. The molecule has 5 rings (SSSR count). The number of aryl methyl sites for hydroxylation is 3. The Hall–Kier alpha value is -3.40. The van der Waals surface area contributed by atoms with E-state index < -0.39 is 0 Å². The molecule has 0 bridgehead atoms. The Kier molecular flexibility index (Phi) is 4.85. The molecule has 0 radical (unpaired) electrons. The molecule has 0 aliphatic carbocycles. The van der Waals surface area contributed by atoms with E-state index in [0.717, 1.165) is 41.1 Å². The topological polar surface area (TPSA) is 37.6 Å². The highest BCUT2D eigenvalue weighted by Gasteiger charge is 2.24. The summed E-state index contributed by atoms with van der Waals surface area (Å²) in [6.45, 7) is 7.76. The number of hydrogen-bond acceptors (Lipinski definition) is 2. The smallest absolute Gasteiger partial charge is 0.228 e. The van der Waals surface area contributed by atoms with Crippen molar-refractivity contribution in [1.82, 2.24) is 14.3 Å². The fourth-order valence-corrected chi connectivity index (χ4v) is 4.51. The number of fused-ring (bicyclic) bond motifs is 2. The first kappa shape index (κ1) is 19.6. The van der Waals surface area contributed by atoms with E-state index in [1.165, 1.54) is 22.3 Å². The molecule has 1 aliphatic rings. The van der Waals surface area contributed by atoms with E-state index in [1.807, 2.05) is 17.2 Å². The molecule has 2 aromatic carbocycles. The molecule has 156 valence electrons. The Labute approximate surface area is 183 Å². The van der Waals surface area contributed by atoms with Gasteiger partial charge in [0, 0.05) is 24.8 Å². The summed E-state index contributed by atoms with van der Waals surface area (Å²) in [6.07, 6.45) is 3.28. The van der Waals surface area contributed by atoms with Crippen molar-refractivity contribution in [2.24, 2.45) is 0 Å². The van der Waals surface area contributed by atoms with Crippen LogP contribution in [0.1, 0.15) is 33.5 Å². The maximum atomic E-state index is 13.4. The second kappa shape index (κ2) is 7.69. The van der Waals surface area contributed by atoms with Gasteiger partial charge in [0.15, 0.2) is 0 Å². The Morgan fingerprint density at radius 1 is 0.935 bits per heavy atom. The normalized spacial score (nSPS) is 13.5. The third kappa shape index (κ3) is 3.52. The minimum Gasteiger partial charge on any atom is -0.338 e. The van der Waals surface area contributed by atoms with Crippen LogP contribution in [0.5, 0.6) is 0 Å². The minimum atomic E-state index is 0.155. The number of nitrogens with zero attached hydrogens (tertiary/aromatic N) is 3. The molecule has 0 fully saturated rings. The highest BCUT2D eigenvalue weighted by molar-refractivity contribution is 5.82. The Morgan fingerprint density at radius 2 is 1.74 bits per heavy atom. The van der Waals surface area contributed by atoms with E-state index >= 15 is 0 Å². The zero-order valence-corrected chi connectivity index (χ0v) is 18.4. The SMILES string of the molecule is Cc1ccc(-c2nc3c(C)cccn3c2CC(=O)N2CCc3ccccc3C2)cc1C.